The maximum Gasteiger partial charge on any atom is 0.305 e. The summed E-state index contributed by atoms with van der Waals surface area (Å²) in [7, 11) is 3.13. The van der Waals surface area contributed by atoms with Crippen LogP contribution in [0.1, 0.15) is 12.1 Å². The molecule has 8 heteroatoms. The van der Waals surface area contributed by atoms with E-state index in [1.807, 2.05) is 12.1 Å². The zero-order chi connectivity index (χ0) is 17.5. The predicted molar refractivity (Wildman–Crippen MR) is 89.6 cm³/mol. The number of hydrogen-bond donors (Lipinski definition) is 2. The van der Waals surface area contributed by atoms with Gasteiger partial charge in [-0.15, -0.1) is 11.3 Å². The molecule has 0 radical (unpaired) electrons. The minimum atomic E-state index is -0.948. The van der Waals surface area contributed by atoms with Crippen LogP contribution in [0.3, 0.4) is 0 Å². The molecule has 0 aliphatic rings. The molecule has 0 atom stereocenters. The summed E-state index contributed by atoms with van der Waals surface area (Å²) in [6, 6.07) is 5.51. The Morgan fingerprint density at radius 2 is 2.08 bits per heavy atom. The van der Waals surface area contributed by atoms with E-state index in [1.165, 1.54) is 11.3 Å². The summed E-state index contributed by atoms with van der Waals surface area (Å²) >= 11 is 1.40. The Kier molecular flexibility index (Phi) is 6.14. The number of nitrogens with one attached hydrogen (secondary N) is 1. The van der Waals surface area contributed by atoms with Crippen molar-refractivity contribution in [2.24, 2.45) is 0 Å². The van der Waals surface area contributed by atoms with Gasteiger partial charge in [0.1, 0.15) is 5.01 Å². The Morgan fingerprint density at radius 1 is 1.29 bits per heavy atom. The minimum absolute atomic E-state index is 0.0996. The van der Waals surface area contributed by atoms with Crippen molar-refractivity contribution >= 4 is 23.2 Å². The van der Waals surface area contributed by atoms with Crippen LogP contribution in [0.2, 0.25) is 0 Å². The van der Waals surface area contributed by atoms with Crippen molar-refractivity contribution in [1.29, 1.82) is 0 Å². The van der Waals surface area contributed by atoms with Crippen molar-refractivity contribution < 1.29 is 24.2 Å². The van der Waals surface area contributed by atoms with Gasteiger partial charge in [-0.3, -0.25) is 9.59 Å². The smallest absolute Gasteiger partial charge is 0.305 e. The number of methoxy groups -OCH3 is 2. The molecule has 0 bridgehead atoms. The number of benzene rings is 1. The average Bonchev–Trinajstić information content (AvgIpc) is 3.01. The highest BCUT2D eigenvalue weighted by Crippen LogP contribution is 2.38. The molecule has 0 saturated carbocycles. The molecular formula is C16H18N2O5S. The molecule has 1 aromatic heterocycles. The summed E-state index contributed by atoms with van der Waals surface area (Å²) in [6.07, 6.45) is -0.00251. The molecule has 0 unspecified atom stereocenters. The third-order valence-electron chi connectivity index (χ3n) is 3.19. The number of hydrogen-bond acceptors (Lipinski definition) is 6. The van der Waals surface area contributed by atoms with Gasteiger partial charge in [-0.2, -0.15) is 0 Å². The molecule has 1 amide bonds. The van der Waals surface area contributed by atoms with E-state index >= 15 is 0 Å². The van der Waals surface area contributed by atoms with E-state index < -0.39 is 5.97 Å². The van der Waals surface area contributed by atoms with Crippen molar-refractivity contribution in [2.45, 2.75) is 12.8 Å². The third-order valence-corrected chi connectivity index (χ3v) is 4.11. The van der Waals surface area contributed by atoms with Crippen LogP contribution in [-0.2, 0) is 16.0 Å². The van der Waals surface area contributed by atoms with Gasteiger partial charge in [0.25, 0.3) is 0 Å². The number of aliphatic carboxylic acids is 1. The summed E-state index contributed by atoms with van der Waals surface area (Å²) < 4.78 is 10.7. The number of carbonyl (C=O) groups excluding carboxylic acids is 1. The van der Waals surface area contributed by atoms with Crippen molar-refractivity contribution in [3.05, 3.63) is 29.3 Å². The minimum Gasteiger partial charge on any atom is -0.493 e. The first-order chi connectivity index (χ1) is 11.5. The monoisotopic (exact) mass is 350 g/mol. The molecule has 1 aromatic carbocycles. The standard InChI is InChI=1S/C16H18N2O5S/c1-22-12-5-3-4-11(15(12)23-2)16-18-10(9-24-16)8-13(19)17-7-6-14(20)21/h3-5,9H,6-8H2,1-2H3,(H,17,19)(H,20,21). The maximum absolute atomic E-state index is 11.8. The lowest BCUT2D eigenvalue weighted by Gasteiger charge is -2.10. The number of para-hydroxylation sites is 1. The molecule has 2 rings (SSSR count). The number of amides is 1. The SMILES string of the molecule is COc1cccc(-c2nc(CC(=O)NCCC(=O)O)cs2)c1OC. The number of aromatic nitrogens is 1. The Balaban J connectivity index is 2.08. The molecule has 0 aliphatic carbocycles. The van der Waals surface area contributed by atoms with Gasteiger partial charge in [-0.1, -0.05) is 6.07 Å². The fraction of sp³-hybridized carbons (Fsp3) is 0.312. The van der Waals surface area contributed by atoms with Gasteiger partial charge in [0.05, 0.1) is 38.3 Å². The summed E-state index contributed by atoms with van der Waals surface area (Å²) in [4.78, 5) is 26.7. The Bertz CT molecular complexity index is 729. The first-order valence-corrected chi connectivity index (χ1v) is 8.07. The van der Waals surface area contributed by atoms with Crippen LogP contribution >= 0.6 is 11.3 Å². The number of carboxylic acids is 1. The second-order valence-electron chi connectivity index (χ2n) is 4.86. The quantitative estimate of drug-likeness (QED) is 0.755. The van der Waals surface area contributed by atoms with Crippen molar-refractivity contribution in [3.8, 4) is 22.1 Å². The summed E-state index contributed by atoms with van der Waals surface area (Å²) in [5.74, 6) is -0.00737. The number of thiazole rings is 1. The molecule has 128 valence electrons. The lowest BCUT2D eigenvalue weighted by Crippen LogP contribution is -2.27. The lowest BCUT2D eigenvalue weighted by molar-refractivity contribution is -0.136. The molecular weight excluding hydrogens is 332 g/mol. The summed E-state index contributed by atoms with van der Waals surface area (Å²) in [5, 5.41) is 13.6. The first kappa shape index (κ1) is 17.7. The molecule has 2 N–H and O–H groups in total. The zero-order valence-corrected chi connectivity index (χ0v) is 14.2. The lowest BCUT2D eigenvalue weighted by atomic mass is 10.2. The topological polar surface area (TPSA) is 97.8 Å². The number of carbonyl (C=O) groups is 2. The molecule has 0 aliphatic heterocycles. The first-order valence-electron chi connectivity index (χ1n) is 7.19. The molecule has 7 nitrogen and oxygen atoms in total. The highest BCUT2D eigenvalue weighted by molar-refractivity contribution is 7.13. The molecule has 0 fully saturated rings. The highest BCUT2D eigenvalue weighted by atomic mass is 32.1. The number of rotatable bonds is 8. The van der Waals surface area contributed by atoms with Crippen LogP contribution in [-0.4, -0.2) is 42.7 Å². The Labute approximate surface area is 143 Å². The van der Waals surface area contributed by atoms with Gasteiger partial charge >= 0.3 is 5.97 Å². The molecule has 0 spiro atoms. The van der Waals surface area contributed by atoms with E-state index in [4.69, 9.17) is 14.6 Å². The van der Waals surface area contributed by atoms with Crippen molar-refractivity contribution in [1.82, 2.24) is 10.3 Å². The van der Waals surface area contributed by atoms with E-state index in [2.05, 4.69) is 10.3 Å². The Morgan fingerprint density at radius 3 is 2.75 bits per heavy atom. The summed E-state index contributed by atoms with van der Waals surface area (Å²) in [5.41, 5.74) is 1.41. The number of ether oxygens (including phenoxy) is 2. The fourth-order valence-electron chi connectivity index (χ4n) is 2.10. The molecule has 0 saturated heterocycles. The van der Waals surface area contributed by atoms with Crippen LogP contribution in [0.25, 0.3) is 10.6 Å². The fourth-order valence-corrected chi connectivity index (χ4v) is 2.94. The third kappa shape index (κ3) is 4.45. The number of carboxylic acid groups (broad SMARTS) is 1. The number of nitrogens with zero attached hydrogens (tertiary/aromatic N) is 1. The van der Waals surface area contributed by atoms with Crippen molar-refractivity contribution in [2.75, 3.05) is 20.8 Å². The van der Waals surface area contributed by atoms with E-state index in [9.17, 15) is 9.59 Å². The van der Waals surface area contributed by atoms with Crippen molar-refractivity contribution in [3.63, 3.8) is 0 Å². The normalized spacial score (nSPS) is 10.2. The van der Waals surface area contributed by atoms with Crippen LogP contribution in [0.5, 0.6) is 11.5 Å². The molecule has 2 aromatic rings. The summed E-state index contributed by atoms with van der Waals surface area (Å²) in [6.45, 7) is 0.106. The van der Waals surface area contributed by atoms with Crippen LogP contribution in [0.15, 0.2) is 23.6 Å². The van der Waals surface area contributed by atoms with Gasteiger partial charge in [0.15, 0.2) is 11.5 Å². The largest absolute Gasteiger partial charge is 0.493 e. The molecule has 1 heterocycles. The zero-order valence-electron chi connectivity index (χ0n) is 13.4. The van der Waals surface area contributed by atoms with E-state index in [0.717, 1.165) is 10.6 Å². The maximum atomic E-state index is 11.8. The van der Waals surface area contributed by atoms with Gasteiger partial charge in [-0.05, 0) is 12.1 Å². The van der Waals surface area contributed by atoms with Crippen LogP contribution in [0, 0.1) is 0 Å². The van der Waals surface area contributed by atoms with E-state index in [-0.39, 0.29) is 25.3 Å². The second-order valence-corrected chi connectivity index (χ2v) is 5.71. The van der Waals surface area contributed by atoms with Crippen LogP contribution < -0.4 is 14.8 Å². The van der Waals surface area contributed by atoms with Gasteiger partial charge in [0, 0.05) is 11.9 Å². The van der Waals surface area contributed by atoms with Gasteiger partial charge in [0.2, 0.25) is 5.91 Å². The van der Waals surface area contributed by atoms with E-state index in [1.54, 1.807) is 25.7 Å². The van der Waals surface area contributed by atoms with E-state index in [0.29, 0.717) is 17.2 Å². The predicted octanol–water partition coefficient (Wildman–Crippen LogP) is 1.96. The Hall–Kier alpha value is -2.61. The second kappa shape index (κ2) is 8.30. The average molecular weight is 350 g/mol. The van der Waals surface area contributed by atoms with Crippen LogP contribution in [0.4, 0.5) is 0 Å². The highest BCUT2D eigenvalue weighted by Gasteiger charge is 2.15. The van der Waals surface area contributed by atoms with Gasteiger partial charge < -0.3 is 19.9 Å². The van der Waals surface area contributed by atoms with Gasteiger partial charge in [-0.25, -0.2) is 4.98 Å². The molecule has 24 heavy (non-hydrogen) atoms.